The minimum Gasteiger partial charge on any atom is -0.493 e. The molecule has 0 spiro atoms. The van der Waals surface area contributed by atoms with Crippen molar-refractivity contribution >= 4 is 21.8 Å². The largest absolute Gasteiger partial charge is 0.493 e. The van der Waals surface area contributed by atoms with Gasteiger partial charge in [-0.05, 0) is 42.5 Å². The van der Waals surface area contributed by atoms with Crippen molar-refractivity contribution in [2.24, 2.45) is 5.73 Å². The Labute approximate surface area is 175 Å². The molecule has 0 radical (unpaired) electrons. The fourth-order valence-corrected chi connectivity index (χ4v) is 4.65. The monoisotopic (exact) mass is 433 g/mol. The molecule has 2 amide bonds. The average Bonchev–Trinajstić information content (AvgIpc) is 2.78. The van der Waals surface area contributed by atoms with E-state index < -0.39 is 15.9 Å². The molecule has 0 unspecified atom stereocenters. The van der Waals surface area contributed by atoms with E-state index in [1.165, 1.54) is 42.8 Å². The van der Waals surface area contributed by atoms with E-state index in [0.29, 0.717) is 17.1 Å². The summed E-state index contributed by atoms with van der Waals surface area (Å²) in [6.45, 7) is 0.843. The highest BCUT2D eigenvalue weighted by molar-refractivity contribution is 7.89. The first-order valence-electron chi connectivity index (χ1n) is 9.19. The van der Waals surface area contributed by atoms with E-state index in [1.807, 2.05) is 0 Å². The number of primary amides is 1. The van der Waals surface area contributed by atoms with Crippen molar-refractivity contribution < 1.29 is 27.5 Å². The Morgan fingerprint density at radius 2 is 1.43 bits per heavy atom. The van der Waals surface area contributed by atoms with E-state index >= 15 is 0 Å². The van der Waals surface area contributed by atoms with Gasteiger partial charge in [-0.25, -0.2) is 8.42 Å². The SMILES string of the molecule is COc1ccc(C(=O)N2CCN(S(=O)(=O)c3ccc(C(N)=O)cc3)CC2)cc1OC. The van der Waals surface area contributed by atoms with Crippen molar-refractivity contribution in [1.29, 1.82) is 0 Å². The van der Waals surface area contributed by atoms with E-state index in [4.69, 9.17) is 15.2 Å². The number of rotatable bonds is 6. The molecule has 10 heteroatoms. The minimum atomic E-state index is -3.73. The Bertz CT molecular complexity index is 1040. The molecule has 0 bridgehead atoms. The van der Waals surface area contributed by atoms with Crippen LogP contribution in [0.4, 0.5) is 0 Å². The highest BCUT2D eigenvalue weighted by atomic mass is 32.2. The van der Waals surface area contributed by atoms with Crippen LogP contribution in [0.2, 0.25) is 0 Å². The number of hydrogen-bond acceptors (Lipinski definition) is 6. The average molecular weight is 433 g/mol. The normalized spacial score (nSPS) is 14.9. The zero-order valence-electron chi connectivity index (χ0n) is 16.7. The molecule has 1 aliphatic rings. The number of benzene rings is 2. The molecule has 9 nitrogen and oxygen atoms in total. The van der Waals surface area contributed by atoms with Crippen LogP contribution >= 0.6 is 0 Å². The number of carbonyl (C=O) groups excluding carboxylic acids is 2. The lowest BCUT2D eigenvalue weighted by Crippen LogP contribution is -2.50. The van der Waals surface area contributed by atoms with Crippen molar-refractivity contribution in [3.05, 3.63) is 53.6 Å². The highest BCUT2D eigenvalue weighted by Gasteiger charge is 2.30. The van der Waals surface area contributed by atoms with Crippen LogP contribution in [-0.4, -0.2) is 69.8 Å². The standard InChI is InChI=1S/C20H23N3O6S/c1-28-17-8-5-15(13-18(17)29-2)20(25)22-9-11-23(12-10-22)30(26,27)16-6-3-14(4-7-16)19(21)24/h3-8,13H,9-12H2,1-2H3,(H2,21,24). The lowest BCUT2D eigenvalue weighted by Gasteiger charge is -2.34. The third-order valence-electron chi connectivity index (χ3n) is 4.93. The van der Waals surface area contributed by atoms with Crippen LogP contribution in [0.1, 0.15) is 20.7 Å². The molecule has 0 aliphatic carbocycles. The lowest BCUT2D eigenvalue weighted by molar-refractivity contribution is 0.0697. The molecular weight excluding hydrogens is 410 g/mol. The van der Waals surface area contributed by atoms with Gasteiger partial charge in [0.15, 0.2) is 11.5 Å². The summed E-state index contributed by atoms with van der Waals surface area (Å²) in [5, 5.41) is 0. The topological polar surface area (TPSA) is 119 Å². The first-order valence-corrected chi connectivity index (χ1v) is 10.6. The number of methoxy groups -OCH3 is 2. The maximum atomic E-state index is 12.8. The second-order valence-corrected chi connectivity index (χ2v) is 8.59. The lowest BCUT2D eigenvalue weighted by atomic mass is 10.1. The molecule has 0 atom stereocenters. The maximum absolute atomic E-state index is 12.8. The zero-order valence-corrected chi connectivity index (χ0v) is 17.5. The molecular formula is C20H23N3O6S. The molecule has 30 heavy (non-hydrogen) atoms. The molecule has 1 saturated heterocycles. The summed E-state index contributed by atoms with van der Waals surface area (Å²) in [6, 6.07) is 10.4. The summed E-state index contributed by atoms with van der Waals surface area (Å²) < 4.78 is 37.4. The van der Waals surface area contributed by atoms with Crippen molar-refractivity contribution in [1.82, 2.24) is 9.21 Å². The molecule has 3 rings (SSSR count). The number of amides is 2. The van der Waals surface area contributed by atoms with E-state index in [9.17, 15) is 18.0 Å². The van der Waals surface area contributed by atoms with Gasteiger partial charge in [0.1, 0.15) is 0 Å². The van der Waals surface area contributed by atoms with Gasteiger partial charge >= 0.3 is 0 Å². The third kappa shape index (κ3) is 4.24. The van der Waals surface area contributed by atoms with Crippen molar-refractivity contribution in [3.8, 4) is 11.5 Å². The van der Waals surface area contributed by atoms with E-state index in [0.717, 1.165) is 0 Å². The van der Waals surface area contributed by atoms with E-state index in [2.05, 4.69) is 0 Å². The summed E-state index contributed by atoms with van der Waals surface area (Å²) in [4.78, 5) is 25.7. The number of ether oxygens (including phenoxy) is 2. The second-order valence-electron chi connectivity index (χ2n) is 6.65. The molecule has 1 heterocycles. The summed E-state index contributed by atoms with van der Waals surface area (Å²) in [5.41, 5.74) is 5.86. The Morgan fingerprint density at radius 3 is 1.97 bits per heavy atom. The first-order chi connectivity index (χ1) is 14.3. The molecule has 0 saturated carbocycles. The number of carbonyl (C=O) groups is 2. The van der Waals surface area contributed by atoms with Crippen molar-refractivity contribution in [3.63, 3.8) is 0 Å². The van der Waals surface area contributed by atoms with Crippen molar-refractivity contribution in [2.75, 3.05) is 40.4 Å². The van der Waals surface area contributed by atoms with E-state index in [-0.39, 0.29) is 42.5 Å². The van der Waals surface area contributed by atoms with Gasteiger partial charge in [-0.3, -0.25) is 9.59 Å². The van der Waals surface area contributed by atoms with Crippen LogP contribution in [0.3, 0.4) is 0 Å². The van der Waals surface area contributed by atoms with Crippen LogP contribution in [-0.2, 0) is 10.0 Å². The van der Waals surface area contributed by atoms with Gasteiger partial charge in [-0.15, -0.1) is 0 Å². The number of nitrogens with two attached hydrogens (primary N) is 1. The number of piperazine rings is 1. The molecule has 2 N–H and O–H groups in total. The number of hydrogen-bond donors (Lipinski definition) is 1. The predicted octanol–water partition coefficient (Wildman–Crippen LogP) is 0.949. The van der Waals surface area contributed by atoms with Gasteiger partial charge < -0.3 is 20.1 Å². The molecule has 160 valence electrons. The minimum absolute atomic E-state index is 0.0761. The fraction of sp³-hybridized carbons (Fsp3) is 0.300. The summed E-state index contributed by atoms with van der Waals surface area (Å²) in [6.07, 6.45) is 0. The number of sulfonamides is 1. The summed E-state index contributed by atoms with van der Waals surface area (Å²) in [5.74, 6) is 0.135. The first kappa shape index (κ1) is 21.6. The Balaban J connectivity index is 1.69. The molecule has 2 aromatic rings. The molecule has 1 aliphatic heterocycles. The van der Waals surface area contributed by atoms with Gasteiger partial charge in [0.2, 0.25) is 15.9 Å². The summed E-state index contributed by atoms with van der Waals surface area (Å²) in [7, 11) is -0.725. The van der Waals surface area contributed by atoms with Gasteiger partial charge in [0, 0.05) is 37.3 Å². The van der Waals surface area contributed by atoms with Crippen molar-refractivity contribution in [2.45, 2.75) is 4.90 Å². The fourth-order valence-electron chi connectivity index (χ4n) is 3.22. The van der Waals surface area contributed by atoms with Gasteiger partial charge in [0.05, 0.1) is 19.1 Å². The molecule has 2 aromatic carbocycles. The van der Waals surface area contributed by atoms with Gasteiger partial charge in [-0.2, -0.15) is 4.31 Å². The zero-order chi connectivity index (χ0) is 21.9. The van der Waals surface area contributed by atoms with Crippen LogP contribution in [0.15, 0.2) is 47.4 Å². The van der Waals surface area contributed by atoms with Crippen LogP contribution < -0.4 is 15.2 Å². The number of nitrogens with zero attached hydrogens (tertiary/aromatic N) is 2. The van der Waals surface area contributed by atoms with Gasteiger partial charge in [-0.1, -0.05) is 0 Å². The maximum Gasteiger partial charge on any atom is 0.254 e. The van der Waals surface area contributed by atoms with E-state index in [1.54, 1.807) is 23.1 Å². The third-order valence-corrected chi connectivity index (χ3v) is 6.85. The predicted molar refractivity (Wildman–Crippen MR) is 109 cm³/mol. The Hall–Kier alpha value is -3.11. The quantitative estimate of drug-likeness (QED) is 0.724. The van der Waals surface area contributed by atoms with Crippen LogP contribution in [0.5, 0.6) is 11.5 Å². The summed E-state index contributed by atoms with van der Waals surface area (Å²) >= 11 is 0. The van der Waals surface area contributed by atoms with Crippen LogP contribution in [0.25, 0.3) is 0 Å². The highest BCUT2D eigenvalue weighted by Crippen LogP contribution is 2.28. The van der Waals surface area contributed by atoms with Gasteiger partial charge in [0.25, 0.3) is 5.91 Å². The molecule has 0 aromatic heterocycles. The van der Waals surface area contributed by atoms with Crippen LogP contribution in [0, 0.1) is 0 Å². The Morgan fingerprint density at radius 1 is 0.867 bits per heavy atom. The smallest absolute Gasteiger partial charge is 0.254 e. The molecule has 1 fully saturated rings. The second kappa shape index (κ2) is 8.72. The Kier molecular flexibility index (Phi) is 6.28.